The fourth-order valence-corrected chi connectivity index (χ4v) is 2.74. The maximum atomic E-state index is 12.0. The molecule has 0 fully saturated rings. The number of carbonyl (C=O) groups is 1. The number of alkyl halides is 1. The summed E-state index contributed by atoms with van der Waals surface area (Å²) in [7, 11) is 0. The average Bonchev–Trinajstić information content (AvgIpc) is 2.37. The van der Waals surface area contributed by atoms with Crippen LogP contribution in [0, 0.1) is 5.41 Å². The lowest BCUT2D eigenvalue weighted by Gasteiger charge is -2.20. The van der Waals surface area contributed by atoms with Gasteiger partial charge >= 0.3 is 0 Å². The topological polar surface area (TPSA) is 26.3 Å². The van der Waals surface area contributed by atoms with E-state index in [1.807, 2.05) is 51.1 Å². The van der Waals surface area contributed by atoms with Gasteiger partial charge in [0, 0.05) is 5.41 Å². The number of hydrogen-bond acceptors (Lipinski definition) is 2. The Hall–Kier alpha value is -0.830. The summed E-state index contributed by atoms with van der Waals surface area (Å²) in [5.74, 6) is 1.18. The highest BCUT2D eigenvalue weighted by molar-refractivity contribution is 9.10. The van der Waals surface area contributed by atoms with Crippen molar-refractivity contribution in [3.05, 3.63) is 30.3 Å². The molecule has 1 atom stereocenters. The average molecular weight is 327 g/mol. The van der Waals surface area contributed by atoms with Crippen LogP contribution in [0.1, 0.15) is 40.0 Å². The summed E-state index contributed by atoms with van der Waals surface area (Å²) in [6.45, 7) is 6.58. The van der Waals surface area contributed by atoms with Crippen molar-refractivity contribution in [2.24, 2.45) is 5.41 Å². The zero-order chi connectivity index (χ0) is 14.3. The molecule has 106 valence electrons. The number of ether oxygens (including phenoxy) is 1. The standard InChI is InChI=1S/C16H23BrO2/c1-16(2,3)15(18)14(17)11-7-8-12-19-13-9-5-4-6-10-13/h4-6,9-10,14H,7-8,11-12H2,1-3H3. The highest BCUT2D eigenvalue weighted by Crippen LogP contribution is 2.23. The molecule has 1 aromatic rings. The zero-order valence-corrected chi connectivity index (χ0v) is 13.6. The Bertz CT molecular complexity index is 381. The Kier molecular flexibility index (Phi) is 6.56. The number of halogens is 1. The Morgan fingerprint density at radius 1 is 1.21 bits per heavy atom. The molecule has 0 radical (unpaired) electrons. The molecule has 0 aliphatic carbocycles. The number of ketones is 1. The van der Waals surface area contributed by atoms with E-state index < -0.39 is 0 Å². The maximum absolute atomic E-state index is 12.0. The van der Waals surface area contributed by atoms with Crippen LogP contribution >= 0.6 is 15.9 Å². The van der Waals surface area contributed by atoms with E-state index in [1.54, 1.807) is 0 Å². The van der Waals surface area contributed by atoms with E-state index in [2.05, 4.69) is 15.9 Å². The Morgan fingerprint density at radius 3 is 2.42 bits per heavy atom. The highest BCUT2D eigenvalue weighted by atomic mass is 79.9. The number of para-hydroxylation sites is 1. The van der Waals surface area contributed by atoms with E-state index in [-0.39, 0.29) is 16.0 Å². The SMILES string of the molecule is CC(C)(C)C(=O)C(Br)CCCCOc1ccccc1. The first-order valence-corrected chi connectivity index (χ1v) is 7.69. The molecule has 0 bridgehead atoms. The summed E-state index contributed by atoms with van der Waals surface area (Å²) in [6, 6.07) is 9.81. The summed E-state index contributed by atoms with van der Waals surface area (Å²) in [4.78, 5) is 11.9. The van der Waals surface area contributed by atoms with Crippen molar-refractivity contribution in [1.29, 1.82) is 0 Å². The van der Waals surface area contributed by atoms with Gasteiger partial charge in [-0.05, 0) is 31.4 Å². The van der Waals surface area contributed by atoms with Crippen molar-refractivity contribution >= 4 is 21.7 Å². The van der Waals surface area contributed by atoms with Crippen molar-refractivity contribution in [2.75, 3.05) is 6.61 Å². The van der Waals surface area contributed by atoms with E-state index >= 15 is 0 Å². The Morgan fingerprint density at radius 2 is 1.84 bits per heavy atom. The van der Waals surface area contributed by atoms with E-state index in [0.29, 0.717) is 6.61 Å². The van der Waals surface area contributed by atoms with Gasteiger partial charge in [0.1, 0.15) is 5.75 Å². The number of benzene rings is 1. The first-order valence-electron chi connectivity index (χ1n) is 6.77. The summed E-state index contributed by atoms with van der Waals surface area (Å²) in [6.07, 6.45) is 2.83. The second-order valence-electron chi connectivity index (χ2n) is 5.74. The van der Waals surface area contributed by atoms with Crippen LogP contribution in [-0.2, 0) is 4.79 Å². The van der Waals surface area contributed by atoms with Crippen molar-refractivity contribution < 1.29 is 9.53 Å². The van der Waals surface area contributed by atoms with Gasteiger partial charge in [-0.1, -0.05) is 54.9 Å². The summed E-state index contributed by atoms with van der Waals surface area (Å²) >= 11 is 3.49. The van der Waals surface area contributed by atoms with E-state index in [1.165, 1.54) is 0 Å². The van der Waals surface area contributed by atoms with E-state index in [4.69, 9.17) is 4.74 Å². The van der Waals surface area contributed by atoms with Crippen LogP contribution in [-0.4, -0.2) is 17.2 Å². The number of unbranched alkanes of at least 4 members (excludes halogenated alkanes) is 1. The van der Waals surface area contributed by atoms with Gasteiger partial charge in [0.25, 0.3) is 0 Å². The van der Waals surface area contributed by atoms with Crippen LogP contribution < -0.4 is 4.74 Å². The molecule has 0 spiro atoms. The zero-order valence-electron chi connectivity index (χ0n) is 12.0. The molecule has 0 amide bonds. The Labute approximate surface area is 124 Å². The molecule has 1 unspecified atom stereocenters. The molecule has 19 heavy (non-hydrogen) atoms. The van der Waals surface area contributed by atoms with Gasteiger partial charge in [-0.2, -0.15) is 0 Å². The van der Waals surface area contributed by atoms with E-state index in [0.717, 1.165) is 25.0 Å². The van der Waals surface area contributed by atoms with Gasteiger partial charge in [-0.25, -0.2) is 0 Å². The smallest absolute Gasteiger partial charge is 0.151 e. The van der Waals surface area contributed by atoms with E-state index in [9.17, 15) is 4.79 Å². The minimum absolute atomic E-state index is 0.0378. The number of rotatable bonds is 7. The molecule has 0 N–H and O–H groups in total. The third-order valence-corrected chi connectivity index (χ3v) is 3.76. The molecule has 0 aliphatic heterocycles. The molecule has 1 aromatic carbocycles. The molecular weight excluding hydrogens is 304 g/mol. The number of hydrogen-bond donors (Lipinski definition) is 0. The molecule has 1 rings (SSSR count). The monoisotopic (exact) mass is 326 g/mol. The molecule has 0 heterocycles. The molecule has 0 saturated heterocycles. The van der Waals surface area contributed by atoms with Gasteiger partial charge in [0.05, 0.1) is 11.4 Å². The number of Topliss-reactive ketones (excluding diaryl/α,β-unsaturated/α-hetero) is 1. The summed E-state index contributed by atoms with van der Waals surface area (Å²) in [5, 5.41) is 0. The molecule has 0 saturated carbocycles. The third-order valence-electron chi connectivity index (χ3n) is 2.89. The predicted octanol–water partition coefficient (Wildman–Crippen LogP) is 4.61. The second kappa shape index (κ2) is 7.68. The van der Waals surface area contributed by atoms with Crippen molar-refractivity contribution in [2.45, 2.75) is 44.9 Å². The molecule has 0 aromatic heterocycles. The van der Waals surface area contributed by atoms with Gasteiger partial charge in [0.2, 0.25) is 0 Å². The maximum Gasteiger partial charge on any atom is 0.151 e. The van der Waals surface area contributed by atoms with Crippen LogP contribution in [0.4, 0.5) is 0 Å². The highest BCUT2D eigenvalue weighted by Gasteiger charge is 2.27. The fourth-order valence-electron chi connectivity index (χ4n) is 1.73. The largest absolute Gasteiger partial charge is 0.494 e. The fraction of sp³-hybridized carbons (Fsp3) is 0.562. The first-order chi connectivity index (χ1) is 8.91. The molecule has 3 heteroatoms. The van der Waals surface area contributed by atoms with Gasteiger partial charge in [0.15, 0.2) is 5.78 Å². The van der Waals surface area contributed by atoms with Crippen molar-refractivity contribution in [3.63, 3.8) is 0 Å². The van der Waals surface area contributed by atoms with Gasteiger partial charge in [-0.3, -0.25) is 4.79 Å². The molecular formula is C16H23BrO2. The second-order valence-corrected chi connectivity index (χ2v) is 6.84. The van der Waals surface area contributed by atoms with Crippen LogP contribution in [0.3, 0.4) is 0 Å². The van der Waals surface area contributed by atoms with Crippen LogP contribution in [0.25, 0.3) is 0 Å². The van der Waals surface area contributed by atoms with Crippen molar-refractivity contribution in [3.8, 4) is 5.75 Å². The minimum Gasteiger partial charge on any atom is -0.494 e. The number of carbonyl (C=O) groups excluding carboxylic acids is 1. The summed E-state index contributed by atoms with van der Waals surface area (Å²) < 4.78 is 5.62. The normalized spacial score (nSPS) is 13.1. The van der Waals surface area contributed by atoms with Gasteiger partial charge < -0.3 is 4.74 Å². The molecule has 2 nitrogen and oxygen atoms in total. The first kappa shape index (κ1) is 16.2. The van der Waals surface area contributed by atoms with Crippen LogP contribution in [0.15, 0.2) is 30.3 Å². The quantitative estimate of drug-likeness (QED) is 0.540. The van der Waals surface area contributed by atoms with Crippen LogP contribution in [0.5, 0.6) is 5.75 Å². The van der Waals surface area contributed by atoms with Crippen molar-refractivity contribution in [1.82, 2.24) is 0 Å². The predicted molar refractivity (Wildman–Crippen MR) is 83.0 cm³/mol. The Balaban J connectivity index is 2.16. The van der Waals surface area contributed by atoms with Crippen LogP contribution in [0.2, 0.25) is 0 Å². The molecule has 0 aliphatic rings. The summed E-state index contributed by atoms with van der Waals surface area (Å²) in [5.41, 5.74) is -0.269. The third kappa shape index (κ3) is 6.24. The lowest BCUT2D eigenvalue weighted by atomic mass is 9.88. The minimum atomic E-state index is -0.269. The lowest BCUT2D eigenvalue weighted by Crippen LogP contribution is -2.28. The lowest BCUT2D eigenvalue weighted by molar-refractivity contribution is -0.125. The van der Waals surface area contributed by atoms with Gasteiger partial charge in [-0.15, -0.1) is 0 Å².